The van der Waals surface area contributed by atoms with Crippen LogP contribution in [0.25, 0.3) is 0 Å². The highest BCUT2D eigenvalue weighted by molar-refractivity contribution is 5.66. The molecule has 3 nitrogen and oxygen atoms in total. The molecule has 0 unspecified atom stereocenters. The van der Waals surface area contributed by atoms with E-state index in [2.05, 4.69) is 5.32 Å². The number of rotatable bonds is 3. The number of anilines is 3. The molecular weight excluding hydrogens is 219 g/mol. The van der Waals surface area contributed by atoms with E-state index >= 15 is 0 Å². The van der Waals surface area contributed by atoms with E-state index in [0.717, 1.165) is 0 Å². The number of hydrogen-bond donors (Lipinski definition) is 2. The standard InChI is InChI=1S/C13H13FN2O/c1-17-11-7-9(15)6-10(8-11)16-13-5-3-2-4-12(13)14/h2-8,16H,15H2,1H3. The molecule has 0 saturated heterocycles. The van der Waals surface area contributed by atoms with E-state index < -0.39 is 0 Å². The Balaban J connectivity index is 2.30. The van der Waals surface area contributed by atoms with Crippen molar-refractivity contribution in [2.75, 3.05) is 18.2 Å². The molecule has 2 aromatic carbocycles. The number of nitrogens with one attached hydrogen (secondary N) is 1. The first-order valence-corrected chi connectivity index (χ1v) is 5.15. The molecule has 0 amide bonds. The molecule has 0 spiro atoms. The first kappa shape index (κ1) is 11.3. The molecule has 0 radical (unpaired) electrons. The first-order valence-electron chi connectivity index (χ1n) is 5.15. The summed E-state index contributed by atoms with van der Waals surface area (Å²) in [7, 11) is 1.56. The summed E-state index contributed by atoms with van der Waals surface area (Å²) in [4.78, 5) is 0. The highest BCUT2D eigenvalue weighted by Crippen LogP contribution is 2.26. The molecule has 4 heteroatoms. The van der Waals surface area contributed by atoms with E-state index in [1.807, 2.05) is 0 Å². The Morgan fingerprint density at radius 1 is 1.18 bits per heavy atom. The van der Waals surface area contributed by atoms with Gasteiger partial charge in [-0.3, -0.25) is 0 Å². The van der Waals surface area contributed by atoms with Gasteiger partial charge in [0.05, 0.1) is 12.8 Å². The van der Waals surface area contributed by atoms with Gasteiger partial charge in [0.2, 0.25) is 0 Å². The monoisotopic (exact) mass is 232 g/mol. The van der Waals surface area contributed by atoms with Crippen LogP contribution in [0, 0.1) is 5.82 Å². The van der Waals surface area contributed by atoms with E-state index in [9.17, 15) is 4.39 Å². The van der Waals surface area contributed by atoms with Gasteiger partial charge >= 0.3 is 0 Å². The van der Waals surface area contributed by atoms with Crippen LogP contribution >= 0.6 is 0 Å². The zero-order valence-corrected chi connectivity index (χ0v) is 9.41. The van der Waals surface area contributed by atoms with Gasteiger partial charge < -0.3 is 15.8 Å². The third-order valence-electron chi connectivity index (χ3n) is 2.32. The summed E-state index contributed by atoms with van der Waals surface area (Å²) >= 11 is 0. The van der Waals surface area contributed by atoms with Gasteiger partial charge in [0.15, 0.2) is 0 Å². The molecule has 0 saturated carbocycles. The Kier molecular flexibility index (Phi) is 3.14. The molecule has 0 atom stereocenters. The van der Waals surface area contributed by atoms with Crippen molar-refractivity contribution in [2.45, 2.75) is 0 Å². The lowest BCUT2D eigenvalue weighted by atomic mass is 10.2. The van der Waals surface area contributed by atoms with Crippen molar-refractivity contribution in [3.8, 4) is 5.75 Å². The number of ether oxygens (including phenoxy) is 1. The number of nitrogens with two attached hydrogens (primary N) is 1. The van der Waals surface area contributed by atoms with Crippen molar-refractivity contribution in [3.05, 3.63) is 48.3 Å². The first-order chi connectivity index (χ1) is 8.19. The maximum absolute atomic E-state index is 13.4. The van der Waals surface area contributed by atoms with Gasteiger partial charge in [0.1, 0.15) is 11.6 Å². The van der Waals surface area contributed by atoms with Crippen LogP contribution in [-0.4, -0.2) is 7.11 Å². The van der Waals surface area contributed by atoms with E-state index in [1.165, 1.54) is 6.07 Å². The average Bonchev–Trinajstić information content (AvgIpc) is 2.31. The predicted molar refractivity (Wildman–Crippen MR) is 67.1 cm³/mol. The maximum Gasteiger partial charge on any atom is 0.146 e. The summed E-state index contributed by atoms with van der Waals surface area (Å²) < 4.78 is 18.5. The maximum atomic E-state index is 13.4. The highest BCUT2D eigenvalue weighted by Gasteiger charge is 2.03. The molecule has 0 aliphatic rings. The fourth-order valence-corrected chi connectivity index (χ4v) is 1.53. The van der Waals surface area contributed by atoms with Crippen molar-refractivity contribution in [1.29, 1.82) is 0 Å². The van der Waals surface area contributed by atoms with Crippen LogP contribution < -0.4 is 15.8 Å². The van der Waals surface area contributed by atoms with Crippen LogP contribution in [0.2, 0.25) is 0 Å². The Morgan fingerprint density at radius 2 is 1.94 bits per heavy atom. The highest BCUT2D eigenvalue weighted by atomic mass is 19.1. The van der Waals surface area contributed by atoms with Gasteiger partial charge in [-0.15, -0.1) is 0 Å². The summed E-state index contributed by atoms with van der Waals surface area (Å²) in [6, 6.07) is 11.6. The minimum absolute atomic E-state index is 0.311. The van der Waals surface area contributed by atoms with Crippen molar-refractivity contribution in [3.63, 3.8) is 0 Å². The molecule has 0 aromatic heterocycles. The average molecular weight is 232 g/mol. The molecule has 17 heavy (non-hydrogen) atoms. The van der Waals surface area contributed by atoms with Crippen LogP contribution in [0.1, 0.15) is 0 Å². The third-order valence-corrected chi connectivity index (χ3v) is 2.32. The second kappa shape index (κ2) is 4.74. The quantitative estimate of drug-likeness (QED) is 0.799. The summed E-state index contributed by atoms with van der Waals surface area (Å²) in [6.07, 6.45) is 0. The van der Waals surface area contributed by atoms with Crippen LogP contribution in [0.4, 0.5) is 21.5 Å². The zero-order valence-electron chi connectivity index (χ0n) is 9.41. The van der Waals surface area contributed by atoms with E-state index in [1.54, 1.807) is 43.5 Å². The minimum atomic E-state index is -0.311. The van der Waals surface area contributed by atoms with Crippen molar-refractivity contribution in [2.24, 2.45) is 0 Å². The number of halogens is 1. The molecule has 0 aliphatic carbocycles. The number of nitrogen functional groups attached to an aromatic ring is 1. The van der Waals surface area contributed by atoms with Crippen LogP contribution in [0.3, 0.4) is 0 Å². The fourth-order valence-electron chi connectivity index (χ4n) is 1.53. The van der Waals surface area contributed by atoms with Gasteiger partial charge in [-0.05, 0) is 18.2 Å². The van der Waals surface area contributed by atoms with Gasteiger partial charge in [-0.2, -0.15) is 0 Å². The number of methoxy groups -OCH3 is 1. The summed E-state index contributed by atoms with van der Waals surface area (Å²) in [6.45, 7) is 0. The molecule has 0 bridgehead atoms. The van der Waals surface area contributed by atoms with Crippen LogP contribution in [0.5, 0.6) is 5.75 Å². The largest absolute Gasteiger partial charge is 0.497 e. The Labute approximate surface area is 99.0 Å². The molecule has 3 N–H and O–H groups in total. The Hall–Kier alpha value is -2.23. The van der Waals surface area contributed by atoms with E-state index in [4.69, 9.17) is 10.5 Å². The van der Waals surface area contributed by atoms with Gasteiger partial charge in [0.25, 0.3) is 0 Å². The molecule has 0 heterocycles. The number of benzene rings is 2. The molecule has 2 aromatic rings. The van der Waals surface area contributed by atoms with Crippen LogP contribution in [-0.2, 0) is 0 Å². The van der Waals surface area contributed by atoms with Crippen LogP contribution in [0.15, 0.2) is 42.5 Å². The predicted octanol–water partition coefficient (Wildman–Crippen LogP) is 3.16. The normalized spacial score (nSPS) is 10.0. The summed E-state index contributed by atoms with van der Waals surface area (Å²) in [5.74, 6) is 0.317. The number of hydrogen-bond acceptors (Lipinski definition) is 3. The smallest absolute Gasteiger partial charge is 0.146 e. The lowest BCUT2D eigenvalue weighted by molar-refractivity contribution is 0.415. The van der Waals surface area contributed by atoms with Crippen molar-refractivity contribution in [1.82, 2.24) is 0 Å². The zero-order chi connectivity index (χ0) is 12.3. The fraction of sp³-hybridized carbons (Fsp3) is 0.0769. The number of para-hydroxylation sites is 1. The topological polar surface area (TPSA) is 47.3 Å². The van der Waals surface area contributed by atoms with E-state index in [0.29, 0.717) is 22.8 Å². The molecular formula is C13H13FN2O. The molecule has 0 fully saturated rings. The summed E-state index contributed by atoms with van der Waals surface area (Å²) in [5, 5.41) is 2.95. The lowest BCUT2D eigenvalue weighted by Crippen LogP contribution is -1.96. The molecule has 0 aliphatic heterocycles. The third kappa shape index (κ3) is 2.66. The van der Waals surface area contributed by atoms with E-state index in [-0.39, 0.29) is 5.82 Å². The van der Waals surface area contributed by atoms with Gasteiger partial charge in [-0.25, -0.2) is 4.39 Å². The molecule has 2 rings (SSSR count). The van der Waals surface area contributed by atoms with Crippen molar-refractivity contribution < 1.29 is 9.13 Å². The molecule has 88 valence electrons. The van der Waals surface area contributed by atoms with Crippen molar-refractivity contribution >= 4 is 17.1 Å². The Morgan fingerprint density at radius 3 is 2.65 bits per heavy atom. The second-order valence-corrected chi connectivity index (χ2v) is 3.60. The van der Waals surface area contributed by atoms with Gasteiger partial charge in [-0.1, -0.05) is 12.1 Å². The minimum Gasteiger partial charge on any atom is -0.497 e. The van der Waals surface area contributed by atoms with Gasteiger partial charge in [0, 0.05) is 23.5 Å². The SMILES string of the molecule is COc1cc(N)cc(Nc2ccccc2F)c1. The Bertz CT molecular complexity index is 529. The lowest BCUT2D eigenvalue weighted by Gasteiger charge is -2.10. The summed E-state index contributed by atoms with van der Waals surface area (Å²) in [5.41, 5.74) is 7.36. The second-order valence-electron chi connectivity index (χ2n) is 3.60.